The average molecular weight is 514 g/mol. The van der Waals surface area contributed by atoms with Crippen LogP contribution >= 0.6 is 0 Å². The number of benzene rings is 3. The molecule has 8 heteroatoms. The second kappa shape index (κ2) is 12.8. The highest BCUT2D eigenvalue weighted by Gasteiger charge is 2.41. The highest BCUT2D eigenvalue weighted by atomic mass is 19.1. The van der Waals surface area contributed by atoms with Crippen molar-refractivity contribution in [1.82, 2.24) is 4.90 Å². The highest BCUT2D eigenvalue weighted by Crippen LogP contribution is 2.42. The molecule has 1 heterocycles. The zero-order valence-corrected chi connectivity index (χ0v) is 20.6. The molecule has 1 saturated heterocycles. The lowest BCUT2D eigenvalue weighted by Crippen LogP contribution is -2.44. The summed E-state index contributed by atoms with van der Waals surface area (Å²) in [6.07, 6.45) is 2.32. The van der Waals surface area contributed by atoms with Crippen molar-refractivity contribution in [3.8, 4) is 5.75 Å². The fraction of sp³-hybridized carbons (Fsp3) is 0.345. The van der Waals surface area contributed by atoms with E-state index in [9.17, 15) is 18.7 Å². The topological polar surface area (TPSA) is 102 Å². The van der Waals surface area contributed by atoms with Crippen LogP contribution in [0.2, 0.25) is 0 Å². The number of aliphatic carboxylic acids is 1. The molecule has 0 amide bonds. The zero-order chi connectivity index (χ0) is 25.5. The third-order valence-corrected chi connectivity index (χ3v) is 6.91. The maximum atomic E-state index is 13.6. The Balaban J connectivity index is 0.00000380. The fourth-order valence-electron chi connectivity index (χ4n) is 4.98. The van der Waals surface area contributed by atoms with Crippen LogP contribution in [0.5, 0.6) is 5.75 Å². The summed E-state index contributed by atoms with van der Waals surface area (Å²) in [5.74, 6) is -0.972. The third-order valence-electron chi connectivity index (χ3n) is 6.91. The number of likely N-dealkylation sites (tertiary alicyclic amines) is 1. The first kappa shape index (κ1) is 28.2. The Hall–Kier alpha value is -3.33. The standard InChI is InChI=1S/C29H31F2NO4.H2O/c30-25-8-4-22(5-9-25)29(35,23-6-10-26(31)11-7-23)24-14-17-32(18-15-24)16-1-19-36-27-12-2-21(3-13-27)20-28(33)34;/h2-13,24,35H,1,14-20H2,(H,33,34);1H2. The molecule has 1 aliphatic heterocycles. The van der Waals surface area contributed by atoms with Gasteiger partial charge in [-0.3, -0.25) is 4.79 Å². The fourth-order valence-corrected chi connectivity index (χ4v) is 4.98. The summed E-state index contributed by atoms with van der Waals surface area (Å²) in [6.45, 7) is 3.02. The van der Waals surface area contributed by atoms with Crippen molar-refractivity contribution < 1.29 is 34.0 Å². The molecule has 0 atom stereocenters. The van der Waals surface area contributed by atoms with Gasteiger partial charge in [-0.25, -0.2) is 8.78 Å². The van der Waals surface area contributed by atoms with Crippen LogP contribution in [0.15, 0.2) is 72.8 Å². The van der Waals surface area contributed by atoms with Gasteiger partial charge in [0.25, 0.3) is 0 Å². The number of rotatable bonds is 10. The predicted octanol–water partition coefficient (Wildman–Crippen LogP) is 4.18. The minimum absolute atomic E-state index is 0. The molecule has 37 heavy (non-hydrogen) atoms. The minimum atomic E-state index is -1.33. The zero-order valence-electron chi connectivity index (χ0n) is 20.6. The molecule has 0 bridgehead atoms. The van der Waals surface area contributed by atoms with Gasteiger partial charge in [-0.15, -0.1) is 0 Å². The Labute approximate surface area is 215 Å². The van der Waals surface area contributed by atoms with E-state index in [2.05, 4.69) is 4.90 Å². The van der Waals surface area contributed by atoms with Crippen molar-refractivity contribution in [2.75, 3.05) is 26.2 Å². The van der Waals surface area contributed by atoms with Gasteiger partial charge < -0.3 is 25.3 Å². The average Bonchev–Trinajstić information content (AvgIpc) is 2.88. The number of carbonyl (C=O) groups is 1. The molecule has 1 aliphatic rings. The molecule has 0 saturated carbocycles. The molecule has 4 rings (SSSR count). The number of ether oxygens (including phenoxy) is 1. The molecule has 0 unspecified atom stereocenters. The van der Waals surface area contributed by atoms with Crippen molar-refractivity contribution in [2.45, 2.75) is 31.3 Å². The minimum Gasteiger partial charge on any atom is -0.494 e. The maximum Gasteiger partial charge on any atom is 0.307 e. The van der Waals surface area contributed by atoms with Gasteiger partial charge in [0, 0.05) is 6.54 Å². The van der Waals surface area contributed by atoms with Gasteiger partial charge in [-0.2, -0.15) is 0 Å². The van der Waals surface area contributed by atoms with Crippen LogP contribution in [-0.4, -0.2) is 52.8 Å². The summed E-state index contributed by atoms with van der Waals surface area (Å²) in [7, 11) is 0. The van der Waals surface area contributed by atoms with Crippen LogP contribution in [-0.2, 0) is 16.8 Å². The molecule has 0 radical (unpaired) electrons. The molecular weight excluding hydrogens is 480 g/mol. The van der Waals surface area contributed by atoms with Gasteiger partial charge in [0.1, 0.15) is 23.0 Å². The molecule has 3 aromatic rings. The number of hydrogen-bond donors (Lipinski definition) is 2. The maximum absolute atomic E-state index is 13.6. The van der Waals surface area contributed by atoms with Crippen LogP contribution in [0, 0.1) is 17.6 Å². The van der Waals surface area contributed by atoms with Gasteiger partial charge >= 0.3 is 5.97 Å². The monoisotopic (exact) mass is 513 g/mol. The van der Waals surface area contributed by atoms with Gasteiger partial charge in [-0.05, 0) is 91.4 Å². The third kappa shape index (κ3) is 7.13. The second-order valence-electron chi connectivity index (χ2n) is 9.31. The first-order valence-corrected chi connectivity index (χ1v) is 12.2. The lowest BCUT2D eigenvalue weighted by atomic mass is 9.72. The van der Waals surface area contributed by atoms with E-state index in [1.807, 2.05) is 0 Å². The number of piperidine rings is 1. The molecule has 0 spiro atoms. The SMILES string of the molecule is O.O=C(O)Cc1ccc(OCCCN2CCC(C(O)(c3ccc(F)cc3)c3ccc(F)cc3)CC2)cc1. The summed E-state index contributed by atoms with van der Waals surface area (Å²) in [5, 5.41) is 20.8. The number of halogens is 2. The van der Waals surface area contributed by atoms with Crippen molar-refractivity contribution in [1.29, 1.82) is 0 Å². The van der Waals surface area contributed by atoms with E-state index >= 15 is 0 Å². The van der Waals surface area contributed by atoms with Gasteiger partial charge in [-0.1, -0.05) is 36.4 Å². The number of carboxylic acids is 1. The van der Waals surface area contributed by atoms with Crippen LogP contribution < -0.4 is 4.74 Å². The Morgan fingerprint density at radius 3 is 1.89 bits per heavy atom. The van der Waals surface area contributed by atoms with Crippen LogP contribution in [0.3, 0.4) is 0 Å². The van der Waals surface area contributed by atoms with Crippen molar-refractivity contribution in [3.63, 3.8) is 0 Å². The molecule has 0 aliphatic carbocycles. The van der Waals surface area contributed by atoms with Crippen LogP contribution in [0.1, 0.15) is 36.0 Å². The van der Waals surface area contributed by atoms with E-state index in [-0.39, 0.29) is 29.4 Å². The van der Waals surface area contributed by atoms with Crippen LogP contribution in [0.4, 0.5) is 8.78 Å². The van der Waals surface area contributed by atoms with E-state index in [0.717, 1.165) is 44.5 Å². The van der Waals surface area contributed by atoms with Gasteiger partial charge in [0.2, 0.25) is 0 Å². The number of carboxylic acid groups (broad SMARTS) is 1. The first-order valence-electron chi connectivity index (χ1n) is 12.2. The highest BCUT2D eigenvalue weighted by molar-refractivity contribution is 5.70. The Kier molecular flexibility index (Phi) is 9.74. The normalized spacial score (nSPS) is 14.7. The summed E-state index contributed by atoms with van der Waals surface area (Å²) < 4.78 is 32.9. The molecule has 4 N–H and O–H groups in total. The molecular formula is C29H33F2NO5. The lowest BCUT2D eigenvalue weighted by molar-refractivity contribution is -0.136. The second-order valence-corrected chi connectivity index (χ2v) is 9.31. The smallest absolute Gasteiger partial charge is 0.307 e. The predicted molar refractivity (Wildman–Crippen MR) is 136 cm³/mol. The Morgan fingerprint density at radius 2 is 1.41 bits per heavy atom. The summed E-state index contributed by atoms with van der Waals surface area (Å²) in [6, 6.07) is 18.9. The first-order chi connectivity index (χ1) is 17.3. The molecule has 3 aromatic carbocycles. The van der Waals surface area contributed by atoms with E-state index in [1.54, 1.807) is 48.5 Å². The van der Waals surface area contributed by atoms with E-state index in [4.69, 9.17) is 9.84 Å². The van der Waals surface area contributed by atoms with Gasteiger partial charge in [0.05, 0.1) is 13.0 Å². The molecule has 198 valence electrons. The quantitative estimate of drug-likeness (QED) is 0.396. The molecule has 0 aromatic heterocycles. The van der Waals surface area contributed by atoms with Crippen molar-refractivity contribution in [3.05, 3.63) is 101 Å². The largest absolute Gasteiger partial charge is 0.494 e. The lowest BCUT2D eigenvalue weighted by Gasteiger charge is -2.42. The number of aliphatic hydroxyl groups is 1. The van der Waals surface area contributed by atoms with Crippen molar-refractivity contribution in [2.24, 2.45) is 5.92 Å². The number of nitrogens with zero attached hydrogens (tertiary/aromatic N) is 1. The molecule has 1 fully saturated rings. The molecule has 6 nitrogen and oxygen atoms in total. The number of hydrogen-bond acceptors (Lipinski definition) is 4. The Morgan fingerprint density at radius 1 is 0.892 bits per heavy atom. The summed E-state index contributed by atoms with van der Waals surface area (Å²) >= 11 is 0. The summed E-state index contributed by atoms with van der Waals surface area (Å²) in [4.78, 5) is 13.1. The van der Waals surface area contributed by atoms with Crippen molar-refractivity contribution >= 4 is 5.97 Å². The van der Waals surface area contributed by atoms with Crippen LogP contribution in [0.25, 0.3) is 0 Å². The van der Waals surface area contributed by atoms with Gasteiger partial charge in [0.15, 0.2) is 0 Å². The van der Waals surface area contributed by atoms with E-state index in [0.29, 0.717) is 23.5 Å². The van der Waals surface area contributed by atoms with E-state index in [1.165, 1.54) is 24.3 Å². The Bertz CT molecular complexity index is 1080. The summed E-state index contributed by atoms with van der Waals surface area (Å²) in [5.41, 5.74) is 0.621. The van der Waals surface area contributed by atoms with E-state index < -0.39 is 11.6 Å².